The maximum Gasteiger partial charge on any atom is 0.272 e. The van der Waals surface area contributed by atoms with Gasteiger partial charge in [-0.15, -0.1) is 0 Å². The molecule has 0 aliphatic rings. The van der Waals surface area contributed by atoms with Crippen molar-refractivity contribution in [1.29, 1.82) is 0 Å². The van der Waals surface area contributed by atoms with Crippen LogP contribution in [0.1, 0.15) is 11.3 Å². The van der Waals surface area contributed by atoms with E-state index in [1.165, 1.54) is 0 Å². The van der Waals surface area contributed by atoms with E-state index in [1.807, 2.05) is 30.3 Å². The first-order chi connectivity index (χ1) is 11.1. The molecule has 0 radical (unpaired) electrons. The minimum absolute atomic E-state index is 0.116. The highest BCUT2D eigenvalue weighted by atomic mass is 79.9. The average Bonchev–Trinajstić information content (AvgIpc) is 2.56. The molecule has 0 fully saturated rings. The molecule has 0 saturated heterocycles. The standard InChI is InChI=1S/C17H14BrN3O2/c18-12-5-3-4-11(8-12)10-19-16(22)9-15-13-6-1-2-7-14(13)17(23)21-20-15/h1-8H,9-10H2,(H,19,22)(H,21,23). The second-order valence-electron chi connectivity index (χ2n) is 5.13. The van der Waals surface area contributed by atoms with E-state index in [0.717, 1.165) is 10.0 Å². The van der Waals surface area contributed by atoms with E-state index >= 15 is 0 Å². The molecule has 0 unspecified atom stereocenters. The number of carbonyl (C=O) groups excluding carboxylic acids is 1. The topological polar surface area (TPSA) is 74.8 Å². The molecule has 0 aliphatic heterocycles. The number of hydrogen-bond acceptors (Lipinski definition) is 3. The zero-order chi connectivity index (χ0) is 16.2. The van der Waals surface area contributed by atoms with Crippen LogP contribution in [-0.2, 0) is 17.8 Å². The molecule has 3 aromatic rings. The van der Waals surface area contributed by atoms with Crippen LogP contribution in [0.5, 0.6) is 0 Å². The lowest BCUT2D eigenvalue weighted by Gasteiger charge is -2.07. The third-order valence-corrected chi connectivity index (χ3v) is 3.97. The third kappa shape index (κ3) is 3.65. The normalized spacial score (nSPS) is 10.7. The van der Waals surface area contributed by atoms with E-state index in [1.54, 1.807) is 18.2 Å². The average molecular weight is 372 g/mol. The predicted octanol–water partition coefficient (Wildman–Crippen LogP) is 2.54. The largest absolute Gasteiger partial charge is 0.352 e. The number of nitrogens with one attached hydrogen (secondary N) is 2. The van der Waals surface area contributed by atoms with Crippen molar-refractivity contribution in [2.24, 2.45) is 0 Å². The van der Waals surface area contributed by atoms with Crippen LogP contribution >= 0.6 is 15.9 Å². The van der Waals surface area contributed by atoms with E-state index in [-0.39, 0.29) is 17.9 Å². The van der Waals surface area contributed by atoms with Gasteiger partial charge in [0.05, 0.1) is 17.5 Å². The number of amides is 1. The van der Waals surface area contributed by atoms with Crippen molar-refractivity contribution in [2.75, 3.05) is 0 Å². The molecule has 2 N–H and O–H groups in total. The van der Waals surface area contributed by atoms with Gasteiger partial charge in [0.1, 0.15) is 0 Å². The summed E-state index contributed by atoms with van der Waals surface area (Å²) in [6.07, 6.45) is 0.116. The highest BCUT2D eigenvalue weighted by molar-refractivity contribution is 9.10. The van der Waals surface area contributed by atoms with Crippen LogP contribution in [0.25, 0.3) is 10.8 Å². The lowest BCUT2D eigenvalue weighted by atomic mass is 10.1. The van der Waals surface area contributed by atoms with Gasteiger partial charge in [0, 0.05) is 16.4 Å². The second-order valence-corrected chi connectivity index (χ2v) is 6.04. The first-order valence-electron chi connectivity index (χ1n) is 7.11. The summed E-state index contributed by atoms with van der Waals surface area (Å²) >= 11 is 3.40. The number of H-pyrrole nitrogens is 1. The molecule has 6 heteroatoms. The van der Waals surface area contributed by atoms with Crippen LogP contribution in [0.2, 0.25) is 0 Å². The van der Waals surface area contributed by atoms with Gasteiger partial charge in [0.25, 0.3) is 5.56 Å². The van der Waals surface area contributed by atoms with E-state index in [4.69, 9.17) is 0 Å². The van der Waals surface area contributed by atoms with Gasteiger partial charge >= 0.3 is 0 Å². The van der Waals surface area contributed by atoms with Crippen LogP contribution < -0.4 is 10.9 Å². The fourth-order valence-corrected chi connectivity index (χ4v) is 2.82. The number of carbonyl (C=O) groups is 1. The molecule has 0 atom stereocenters. The predicted molar refractivity (Wildman–Crippen MR) is 92.1 cm³/mol. The summed E-state index contributed by atoms with van der Waals surface area (Å²) in [7, 11) is 0. The lowest BCUT2D eigenvalue weighted by molar-refractivity contribution is -0.120. The number of nitrogens with zero attached hydrogens (tertiary/aromatic N) is 1. The number of hydrogen-bond donors (Lipinski definition) is 2. The summed E-state index contributed by atoms with van der Waals surface area (Å²) in [5.41, 5.74) is 1.32. The zero-order valence-electron chi connectivity index (χ0n) is 12.2. The third-order valence-electron chi connectivity index (χ3n) is 3.48. The summed E-state index contributed by atoms with van der Waals surface area (Å²) in [6, 6.07) is 14.9. The minimum atomic E-state index is -0.251. The van der Waals surface area contributed by atoms with Gasteiger partial charge in [-0.05, 0) is 23.8 Å². The summed E-state index contributed by atoms with van der Waals surface area (Å²) in [5, 5.41) is 10.6. The van der Waals surface area contributed by atoms with Gasteiger partial charge < -0.3 is 5.32 Å². The molecule has 116 valence electrons. The number of aromatic amines is 1. The van der Waals surface area contributed by atoms with Crippen LogP contribution in [0.3, 0.4) is 0 Å². The zero-order valence-corrected chi connectivity index (χ0v) is 13.8. The molecule has 23 heavy (non-hydrogen) atoms. The van der Waals surface area contributed by atoms with E-state index in [2.05, 4.69) is 31.4 Å². The maximum atomic E-state index is 12.1. The fourth-order valence-electron chi connectivity index (χ4n) is 2.37. The van der Waals surface area contributed by atoms with Crippen molar-refractivity contribution in [3.8, 4) is 0 Å². The number of aromatic nitrogens is 2. The van der Waals surface area contributed by atoms with Crippen LogP contribution in [0.4, 0.5) is 0 Å². The summed E-state index contributed by atoms with van der Waals surface area (Å²) in [6.45, 7) is 0.444. The number of fused-ring (bicyclic) bond motifs is 1. The molecule has 1 amide bonds. The SMILES string of the molecule is O=C(Cc1n[nH]c(=O)c2ccccc12)NCc1cccc(Br)c1. The van der Waals surface area contributed by atoms with Crippen molar-refractivity contribution in [1.82, 2.24) is 15.5 Å². The van der Waals surface area contributed by atoms with Crippen molar-refractivity contribution >= 4 is 32.6 Å². The quantitative estimate of drug-likeness (QED) is 0.739. The van der Waals surface area contributed by atoms with Crippen molar-refractivity contribution in [2.45, 2.75) is 13.0 Å². The van der Waals surface area contributed by atoms with Crippen molar-refractivity contribution in [3.05, 3.63) is 74.6 Å². The molecule has 1 heterocycles. The maximum absolute atomic E-state index is 12.1. The van der Waals surface area contributed by atoms with E-state index in [0.29, 0.717) is 23.0 Å². The molecule has 0 saturated carbocycles. The highest BCUT2D eigenvalue weighted by Gasteiger charge is 2.10. The summed E-state index contributed by atoms with van der Waals surface area (Å²) in [5.74, 6) is -0.144. The van der Waals surface area contributed by atoms with Gasteiger partial charge in [-0.2, -0.15) is 5.10 Å². The van der Waals surface area contributed by atoms with E-state index < -0.39 is 0 Å². The number of benzene rings is 2. The Balaban J connectivity index is 1.73. The van der Waals surface area contributed by atoms with Gasteiger partial charge in [0.15, 0.2) is 0 Å². The Morgan fingerprint density at radius 2 is 1.91 bits per heavy atom. The van der Waals surface area contributed by atoms with Gasteiger partial charge in [-0.3, -0.25) is 9.59 Å². The molecule has 0 aliphatic carbocycles. The first kappa shape index (κ1) is 15.4. The highest BCUT2D eigenvalue weighted by Crippen LogP contribution is 2.13. The summed E-state index contributed by atoms with van der Waals surface area (Å²) in [4.78, 5) is 23.9. The molecular weight excluding hydrogens is 358 g/mol. The van der Waals surface area contributed by atoms with Crippen LogP contribution in [-0.4, -0.2) is 16.1 Å². The van der Waals surface area contributed by atoms with Gasteiger partial charge in [0.2, 0.25) is 5.91 Å². The smallest absolute Gasteiger partial charge is 0.272 e. The Hall–Kier alpha value is -2.47. The van der Waals surface area contributed by atoms with Crippen LogP contribution in [0.15, 0.2) is 57.8 Å². The van der Waals surface area contributed by atoms with Gasteiger partial charge in [-0.1, -0.05) is 46.3 Å². The molecule has 5 nitrogen and oxygen atoms in total. The Labute approximate surface area is 140 Å². The number of rotatable bonds is 4. The fraction of sp³-hybridized carbons (Fsp3) is 0.118. The minimum Gasteiger partial charge on any atom is -0.352 e. The Bertz CT molecular complexity index is 921. The lowest BCUT2D eigenvalue weighted by Crippen LogP contribution is -2.25. The summed E-state index contributed by atoms with van der Waals surface area (Å²) < 4.78 is 0.970. The molecular formula is C17H14BrN3O2. The molecule has 3 rings (SSSR count). The number of halogens is 1. The van der Waals surface area contributed by atoms with Crippen molar-refractivity contribution < 1.29 is 4.79 Å². The Morgan fingerprint density at radius 1 is 1.13 bits per heavy atom. The monoisotopic (exact) mass is 371 g/mol. The van der Waals surface area contributed by atoms with Gasteiger partial charge in [-0.25, -0.2) is 5.10 Å². The first-order valence-corrected chi connectivity index (χ1v) is 7.90. The molecule has 0 spiro atoms. The molecule has 2 aromatic carbocycles. The Kier molecular flexibility index (Phi) is 4.52. The van der Waals surface area contributed by atoms with Crippen LogP contribution in [0, 0.1) is 0 Å². The molecule has 1 aromatic heterocycles. The van der Waals surface area contributed by atoms with Crippen molar-refractivity contribution in [3.63, 3.8) is 0 Å². The molecule has 0 bridgehead atoms. The van der Waals surface area contributed by atoms with E-state index in [9.17, 15) is 9.59 Å². The Morgan fingerprint density at radius 3 is 2.70 bits per heavy atom. The second kappa shape index (κ2) is 6.75.